The van der Waals surface area contributed by atoms with Gasteiger partial charge < -0.3 is 20.7 Å². The van der Waals surface area contributed by atoms with Gasteiger partial charge >= 0.3 is 0 Å². The van der Waals surface area contributed by atoms with Gasteiger partial charge in [-0.05, 0) is 37.8 Å². The summed E-state index contributed by atoms with van der Waals surface area (Å²) in [6, 6.07) is 10.2. The molecule has 0 aliphatic heterocycles. The van der Waals surface area contributed by atoms with E-state index in [0.29, 0.717) is 19.1 Å². The summed E-state index contributed by atoms with van der Waals surface area (Å²) in [5.41, 5.74) is 0. The summed E-state index contributed by atoms with van der Waals surface area (Å²) in [7, 11) is 1.75. The Balaban J connectivity index is 1.46. The van der Waals surface area contributed by atoms with Crippen LogP contribution in [0.15, 0.2) is 35.3 Å². The van der Waals surface area contributed by atoms with Crippen molar-refractivity contribution in [3.05, 3.63) is 30.3 Å². The number of rotatable bonds is 10. The highest BCUT2D eigenvalue weighted by Crippen LogP contribution is 2.18. The van der Waals surface area contributed by atoms with Crippen LogP contribution >= 0.6 is 0 Å². The molecule has 0 spiro atoms. The van der Waals surface area contributed by atoms with Crippen molar-refractivity contribution in [2.45, 2.75) is 38.1 Å². The van der Waals surface area contributed by atoms with Gasteiger partial charge in [-0.3, -0.25) is 9.79 Å². The highest BCUT2D eigenvalue weighted by Gasteiger charge is 2.22. The largest absolute Gasteiger partial charge is 0.494 e. The SMILES string of the molecule is CN=C(NCCCOc1ccccc1)NCCCC(=O)NC1CC1. The summed E-state index contributed by atoms with van der Waals surface area (Å²) in [6.45, 7) is 2.18. The number of guanidine groups is 1. The van der Waals surface area contributed by atoms with Crippen LogP contribution in [0.1, 0.15) is 32.1 Å². The molecule has 1 aromatic carbocycles. The van der Waals surface area contributed by atoms with E-state index in [1.54, 1.807) is 7.05 Å². The molecule has 1 saturated carbocycles. The lowest BCUT2D eigenvalue weighted by Crippen LogP contribution is -2.39. The molecule has 1 amide bonds. The van der Waals surface area contributed by atoms with Crippen LogP contribution < -0.4 is 20.7 Å². The van der Waals surface area contributed by atoms with E-state index in [4.69, 9.17) is 4.74 Å². The molecule has 0 atom stereocenters. The monoisotopic (exact) mass is 332 g/mol. The molecule has 0 heterocycles. The smallest absolute Gasteiger partial charge is 0.220 e. The van der Waals surface area contributed by atoms with E-state index < -0.39 is 0 Å². The van der Waals surface area contributed by atoms with Crippen molar-refractivity contribution in [3.63, 3.8) is 0 Å². The number of amides is 1. The van der Waals surface area contributed by atoms with Crippen LogP contribution in [-0.2, 0) is 4.79 Å². The zero-order valence-corrected chi connectivity index (χ0v) is 14.4. The van der Waals surface area contributed by atoms with Gasteiger partial charge in [0.15, 0.2) is 5.96 Å². The first kappa shape index (κ1) is 18.1. The first-order valence-corrected chi connectivity index (χ1v) is 8.69. The van der Waals surface area contributed by atoms with E-state index in [1.807, 2.05) is 30.3 Å². The van der Waals surface area contributed by atoms with Gasteiger partial charge in [0.25, 0.3) is 0 Å². The van der Waals surface area contributed by atoms with E-state index in [1.165, 1.54) is 0 Å². The number of aliphatic imine (C=N–C) groups is 1. The summed E-state index contributed by atoms with van der Waals surface area (Å²) >= 11 is 0. The molecule has 0 unspecified atom stereocenters. The first-order valence-electron chi connectivity index (χ1n) is 8.69. The lowest BCUT2D eigenvalue weighted by atomic mass is 10.3. The second-order valence-corrected chi connectivity index (χ2v) is 5.89. The fraction of sp³-hybridized carbons (Fsp3) is 0.556. The Kier molecular flexibility index (Phi) is 7.93. The topological polar surface area (TPSA) is 74.8 Å². The predicted molar refractivity (Wildman–Crippen MR) is 96.3 cm³/mol. The number of benzene rings is 1. The third kappa shape index (κ3) is 7.85. The Morgan fingerprint density at radius 3 is 2.54 bits per heavy atom. The van der Waals surface area contributed by atoms with Crippen LogP contribution in [-0.4, -0.2) is 44.7 Å². The van der Waals surface area contributed by atoms with Gasteiger partial charge in [0.2, 0.25) is 5.91 Å². The number of para-hydroxylation sites is 1. The minimum atomic E-state index is 0.153. The number of carbonyl (C=O) groups excluding carboxylic acids is 1. The Labute approximate surface area is 144 Å². The molecule has 0 saturated heterocycles. The second-order valence-electron chi connectivity index (χ2n) is 5.89. The second kappa shape index (κ2) is 10.5. The van der Waals surface area contributed by atoms with Crippen LogP contribution in [0.5, 0.6) is 5.75 Å². The zero-order valence-electron chi connectivity index (χ0n) is 14.4. The Bertz CT molecular complexity index is 515. The molecular weight excluding hydrogens is 304 g/mol. The van der Waals surface area contributed by atoms with Crippen molar-refractivity contribution in [1.82, 2.24) is 16.0 Å². The summed E-state index contributed by atoms with van der Waals surface area (Å²) in [5.74, 6) is 1.81. The standard InChI is InChI=1S/C18H28N4O2/c1-19-18(20-12-5-9-17(23)22-15-10-11-15)21-13-6-14-24-16-7-3-2-4-8-16/h2-4,7-8,15H,5-6,9-14H2,1H3,(H,22,23)(H2,19,20,21). The fourth-order valence-corrected chi connectivity index (χ4v) is 2.19. The van der Waals surface area contributed by atoms with Gasteiger partial charge in [0.05, 0.1) is 6.61 Å². The molecule has 0 aromatic heterocycles. The Hall–Kier alpha value is -2.24. The fourth-order valence-electron chi connectivity index (χ4n) is 2.19. The molecule has 2 rings (SSSR count). The van der Waals surface area contributed by atoms with E-state index in [2.05, 4.69) is 20.9 Å². The lowest BCUT2D eigenvalue weighted by molar-refractivity contribution is -0.121. The summed E-state index contributed by atoms with van der Waals surface area (Å²) in [5, 5.41) is 9.46. The molecule has 1 fully saturated rings. The van der Waals surface area contributed by atoms with Crippen molar-refractivity contribution < 1.29 is 9.53 Å². The van der Waals surface area contributed by atoms with Crippen LogP contribution in [0.4, 0.5) is 0 Å². The minimum absolute atomic E-state index is 0.153. The third-order valence-corrected chi connectivity index (χ3v) is 3.66. The summed E-state index contributed by atoms with van der Waals surface area (Å²) in [4.78, 5) is 15.7. The minimum Gasteiger partial charge on any atom is -0.494 e. The summed E-state index contributed by atoms with van der Waals surface area (Å²) in [6.07, 6.45) is 4.52. The lowest BCUT2D eigenvalue weighted by Gasteiger charge is -2.12. The maximum atomic E-state index is 11.6. The van der Waals surface area contributed by atoms with E-state index in [0.717, 1.165) is 50.5 Å². The normalized spacial score (nSPS) is 14.1. The van der Waals surface area contributed by atoms with Crippen molar-refractivity contribution in [1.29, 1.82) is 0 Å². The zero-order chi connectivity index (χ0) is 17.0. The van der Waals surface area contributed by atoms with E-state index >= 15 is 0 Å². The average Bonchev–Trinajstić information content (AvgIpc) is 3.41. The number of carbonyl (C=O) groups is 1. The molecule has 1 aliphatic carbocycles. The third-order valence-electron chi connectivity index (χ3n) is 3.66. The quantitative estimate of drug-likeness (QED) is 0.346. The molecule has 3 N–H and O–H groups in total. The molecule has 1 aromatic rings. The number of hydrogen-bond acceptors (Lipinski definition) is 3. The van der Waals surface area contributed by atoms with Crippen LogP contribution in [0.3, 0.4) is 0 Å². The number of nitrogens with one attached hydrogen (secondary N) is 3. The summed E-state index contributed by atoms with van der Waals surface area (Å²) < 4.78 is 5.64. The molecule has 6 nitrogen and oxygen atoms in total. The van der Waals surface area contributed by atoms with Gasteiger partial charge in [-0.1, -0.05) is 18.2 Å². The van der Waals surface area contributed by atoms with Crippen molar-refractivity contribution in [2.75, 3.05) is 26.7 Å². The highest BCUT2D eigenvalue weighted by molar-refractivity contribution is 5.79. The average molecular weight is 332 g/mol. The van der Waals surface area contributed by atoms with E-state index in [-0.39, 0.29) is 5.91 Å². The van der Waals surface area contributed by atoms with Crippen molar-refractivity contribution in [2.24, 2.45) is 4.99 Å². The van der Waals surface area contributed by atoms with Crippen LogP contribution in [0.25, 0.3) is 0 Å². The number of nitrogens with zero attached hydrogens (tertiary/aromatic N) is 1. The molecule has 0 bridgehead atoms. The molecule has 1 aliphatic rings. The first-order chi connectivity index (χ1) is 11.8. The molecule has 24 heavy (non-hydrogen) atoms. The number of hydrogen-bond donors (Lipinski definition) is 3. The van der Waals surface area contributed by atoms with Gasteiger partial charge in [0.1, 0.15) is 5.75 Å². The van der Waals surface area contributed by atoms with Crippen LogP contribution in [0, 0.1) is 0 Å². The van der Waals surface area contributed by atoms with Gasteiger partial charge in [-0.15, -0.1) is 0 Å². The Morgan fingerprint density at radius 1 is 1.17 bits per heavy atom. The molecule has 6 heteroatoms. The maximum Gasteiger partial charge on any atom is 0.220 e. The van der Waals surface area contributed by atoms with Gasteiger partial charge in [0, 0.05) is 32.6 Å². The molecule has 0 radical (unpaired) electrons. The van der Waals surface area contributed by atoms with Gasteiger partial charge in [-0.2, -0.15) is 0 Å². The Morgan fingerprint density at radius 2 is 1.88 bits per heavy atom. The van der Waals surface area contributed by atoms with Gasteiger partial charge in [-0.25, -0.2) is 0 Å². The van der Waals surface area contributed by atoms with Crippen molar-refractivity contribution in [3.8, 4) is 5.75 Å². The van der Waals surface area contributed by atoms with Crippen molar-refractivity contribution >= 4 is 11.9 Å². The molecule has 132 valence electrons. The number of ether oxygens (including phenoxy) is 1. The van der Waals surface area contributed by atoms with E-state index in [9.17, 15) is 4.79 Å². The highest BCUT2D eigenvalue weighted by atomic mass is 16.5. The molecular formula is C18H28N4O2. The van der Waals surface area contributed by atoms with Crippen LogP contribution in [0.2, 0.25) is 0 Å². The predicted octanol–water partition coefficient (Wildman–Crippen LogP) is 1.68. The maximum absolute atomic E-state index is 11.6.